The number of benzene rings is 2. The van der Waals surface area contributed by atoms with Crippen molar-refractivity contribution in [3.05, 3.63) is 54.1 Å². The molecule has 0 heterocycles. The molecule has 0 unspecified atom stereocenters. The quantitative estimate of drug-likeness (QED) is 0.0916. The van der Waals surface area contributed by atoms with Crippen molar-refractivity contribution in [3.8, 4) is 0 Å². The van der Waals surface area contributed by atoms with Crippen molar-refractivity contribution in [2.45, 2.75) is 26.7 Å². The third-order valence-corrected chi connectivity index (χ3v) is 4.44. The molecule has 2 aromatic carbocycles. The van der Waals surface area contributed by atoms with Gasteiger partial charge in [0.15, 0.2) is 0 Å². The number of aldehydes is 1. The van der Waals surface area contributed by atoms with Crippen LogP contribution in [0.25, 0.3) is 0 Å². The predicted molar refractivity (Wildman–Crippen MR) is 147 cm³/mol. The Kier molecular flexibility index (Phi) is 26.9. The van der Waals surface area contributed by atoms with Crippen LogP contribution < -0.4 is 50.7 Å². The Morgan fingerprint density at radius 2 is 1.33 bits per heavy atom. The molecule has 203 valence electrons. The van der Waals surface area contributed by atoms with Crippen LogP contribution in [0.4, 0.5) is 11.4 Å². The van der Waals surface area contributed by atoms with Gasteiger partial charge >= 0.3 is 55.7 Å². The second kappa shape index (κ2) is 24.2. The summed E-state index contributed by atoms with van der Waals surface area (Å²) in [6.07, 6.45) is 2.44. The fourth-order valence-electron chi connectivity index (χ4n) is 2.66. The monoisotopic (exact) mass is 550 g/mol. The number of rotatable bonds is 9. The molecule has 3 radical (unpaired) electrons. The topological polar surface area (TPSA) is 212 Å². The number of carbonyl (C=O) groups excluding carboxylic acids is 1. The van der Waals surface area contributed by atoms with Crippen LogP contribution in [0.5, 0.6) is 0 Å². The first kappa shape index (κ1) is 43.2. The van der Waals surface area contributed by atoms with Gasteiger partial charge in [-0.05, 0) is 53.7 Å². The fraction of sp³-hybridized carbons (Fsp3) is 0.304. The Labute approximate surface area is 253 Å². The number of carboxylic acids is 2. The molecule has 39 heavy (non-hydrogen) atoms. The molecule has 0 aliphatic heterocycles. The Morgan fingerprint density at radius 3 is 1.67 bits per heavy atom. The van der Waals surface area contributed by atoms with Crippen molar-refractivity contribution in [2.75, 3.05) is 30.9 Å². The third-order valence-electron chi connectivity index (χ3n) is 4.44. The molecule has 16 heteroatoms. The van der Waals surface area contributed by atoms with Gasteiger partial charge in [0.2, 0.25) is 0 Å². The minimum Gasteiger partial charge on any atom is -0.512 e. The van der Waals surface area contributed by atoms with Crippen LogP contribution in [0.2, 0.25) is 0 Å². The van der Waals surface area contributed by atoms with Crippen LogP contribution in [0, 0.1) is 11.8 Å². The molecule has 0 aromatic heterocycles. The van der Waals surface area contributed by atoms with E-state index in [1.54, 1.807) is 13.1 Å². The van der Waals surface area contributed by atoms with Gasteiger partial charge in [-0.15, -0.1) is 0 Å². The fourth-order valence-corrected chi connectivity index (χ4v) is 2.66. The zero-order chi connectivity index (χ0) is 29.1. The summed E-state index contributed by atoms with van der Waals surface area (Å²) in [5.41, 5.74) is 1.58. The first-order valence-corrected chi connectivity index (χ1v) is 10.9. The number of carbonyl (C=O) groups is 3. The SMILES string of the molecule is CCC=O.CCCN(C)c1cc(B(O)O)cc(C(=O)O)c1.CNc1cc(B(O)O)cc(C(=O)O)c1.[B].[C-]#N.[Na+]. The van der Waals surface area contributed by atoms with Gasteiger partial charge in [-0.25, -0.2) is 9.59 Å². The summed E-state index contributed by atoms with van der Waals surface area (Å²) in [7, 11) is 0.122. The molecule has 0 aliphatic rings. The Hall–Kier alpha value is -2.83. The van der Waals surface area contributed by atoms with E-state index in [1.807, 2.05) is 25.8 Å². The molecule has 2 aromatic rings. The van der Waals surface area contributed by atoms with Gasteiger partial charge in [-0.1, -0.05) is 13.8 Å². The summed E-state index contributed by atoms with van der Waals surface area (Å²) in [5, 5.41) is 62.6. The van der Waals surface area contributed by atoms with E-state index in [9.17, 15) is 14.4 Å². The number of anilines is 2. The molecule has 0 atom stereocenters. The van der Waals surface area contributed by atoms with Crippen molar-refractivity contribution in [2.24, 2.45) is 0 Å². The maximum Gasteiger partial charge on any atom is 1.00 e. The van der Waals surface area contributed by atoms with Gasteiger partial charge in [-0.3, -0.25) is 0 Å². The van der Waals surface area contributed by atoms with E-state index in [2.05, 4.69) is 5.32 Å². The van der Waals surface area contributed by atoms with E-state index in [0.29, 0.717) is 17.8 Å². The third kappa shape index (κ3) is 17.4. The molecular weight excluding hydrogens is 518 g/mol. The van der Waals surface area contributed by atoms with Gasteiger partial charge in [0, 0.05) is 46.8 Å². The molecule has 0 spiro atoms. The average molecular weight is 550 g/mol. The van der Waals surface area contributed by atoms with Gasteiger partial charge in [0.1, 0.15) is 6.29 Å². The van der Waals surface area contributed by atoms with E-state index < -0.39 is 26.2 Å². The summed E-state index contributed by atoms with van der Waals surface area (Å²) in [6, 6.07) is 8.45. The van der Waals surface area contributed by atoms with Crippen LogP contribution in [-0.2, 0) is 4.79 Å². The summed E-state index contributed by atoms with van der Waals surface area (Å²) in [5.74, 6) is -2.19. The molecule has 0 saturated carbocycles. The second-order valence-electron chi connectivity index (χ2n) is 7.26. The van der Waals surface area contributed by atoms with E-state index in [0.717, 1.165) is 19.3 Å². The van der Waals surface area contributed by atoms with Crippen molar-refractivity contribution in [1.82, 2.24) is 0 Å². The summed E-state index contributed by atoms with van der Waals surface area (Å²) in [6.45, 7) is 9.34. The Bertz CT molecular complexity index is 1030. The molecular formula is C23H32B3N3NaO9. The minimum absolute atomic E-state index is 0. The van der Waals surface area contributed by atoms with E-state index in [-0.39, 0.29) is 60.0 Å². The molecule has 0 fully saturated rings. The number of carboxylic acid groups (broad SMARTS) is 2. The zero-order valence-electron chi connectivity index (χ0n) is 22.7. The van der Waals surface area contributed by atoms with Crippen LogP contribution in [0.15, 0.2) is 36.4 Å². The van der Waals surface area contributed by atoms with Crippen molar-refractivity contribution in [3.63, 3.8) is 0 Å². The number of hydrogen-bond acceptors (Lipinski definition) is 10. The normalized spacial score (nSPS) is 8.56. The van der Waals surface area contributed by atoms with Crippen LogP contribution in [0.3, 0.4) is 0 Å². The van der Waals surface area contributed by atoms with Crippen LogP contribution in [-0.4, -0.2) is 91.8 Å². The largest absolute Gasteiger partial charge is 1.00 e. The number of aromatic carboxylic acids is 2. The average Bonchev–Trinajstić information content (AvgIpc) is 2.89. The van der Waals surface area contributed by atoms with E-state index in [4.69, 9.17) is 42.1 Å². The summed E-state index contributed by atoms with van der Waals surface area (Å²) < 4.78 is 0. The summed E-state index contributed by atoms with van der Waals surface area (Å²) >= 11 is 0. The standard InChI is InChI=1S/C11H16BNO4.C8H10BNO4.C3H6O.CN.B.Na/c1-3-4-13(2)10-6-8(11(14)15)5-9(7-10)12(16)17;1-10-7-3-5(8(11)12)2-6(4-7)9(13)14;1-2-3-4;1-2;;/h5-7,16-17H,3-4H2,1-2H3,(H,14,15);2-4,10,13-14H,1H3,(H,11,12);3H,2H2,1H3;;;/q;;;-1;;+1. The number of nitrogens with one attached hydrogen (secondary N) is 1. The van der Waals surface area contributed by atoms with Gasteiger partial charge in [-0.2, -0.15) is 0 Å². The first-order valence-electron chi connectivity index (χ1n) is 10.9. The molecule has 0 bridgehead atoms. The second-order valence-corrected chi connectivity index (χ2v) is 7.26. The smallest absolute Gasteiger partial charge is 0.512 e. The van der Waals surface area contributed by atoms with Gasteiger partial charge in [0.05, 0.1) is 11.1 Å². The van der Waals surface area contributed by atoms with Crippen molar-refractivity contribution >= 4 is 63.2 Å². The summed E-state index contributed by atoms with van der Waals surface area (Å²) in [4.78, 5) is 32.6. The molecule has 2 rings (SSSR count). The van der Waals surface area contributed by atoms with Crippen molar-refractivity contribution in [1.29, 1.82) is 5.26 Å². The maximum absolute atomic E-state index is 10.9. The molecule has 7 N–H and O–H groups in total. The van der Waals surface area contributed by atoms with E-state index in [1.165, 1.54) is 30.3 Å². The maximum atomic E-state index is 10.9. The van der Waals surface area contributed by atoms with Gasteiger partial charge in [0.25, 0.3) is 0 Å². The van der Waals surface area contributed by atoms with Gasteiger partial charge < -0.3 is 57.2 Å². The molecule has 12 nitrogen and oxygen atoms in total. The number of hydrogen-bond donors (Lipinski definition) is 7. The predicted octanol–water partition coefficient (Wildman–Crippen LogP) is -3.67. The molecule has 0 amide bonds. The zero-order valence-corrected chi connectivity index (χ0v) is 24.7. The van der Waals surface area contributed by atoms with Crippen LogP contribution >= 0.6 is 0 Å². The molecule has 0 saturated heterocycles. The number of nitrogens with zero attached hydrogens (tertiary/aromatic N) is 2. The van der Waals surface area contributed by atoms with Crippen LogP contribution in [0.1, 0.15) is 47.4 Å². The molecule has 0 aliphatic carbocycles. The van der Waals surface area contributed by atoms with E-state index >= 15 is 0 Å². The minimum atomic E-state index is -1.67. The van der Waals surface area contributed by atoms with Crippen molar-refractivity contribution < 1.29 is 74.3 Å². The Balaban J connectivity index is -0.000000253. The first-order chi connectivity index (χ1) is 17.4. The Morgan fingerprint density at radius 1 is 0.923 bits per heavy atom.